The van der Waals surface area contributed by atoms with Crippen molar-refractivity contribution in [2.75, 3.05) is 12.4 Å². The summed E-state index contributed by atoms with van der Waals surface area (Å²) in [4.78, 5) is 38.8. The predicted molar refractivity (Wildman–Crippen MR) is 164 cm³/mol. The largest absolute Gasteiger partial charge is 0.505 e. The Bertz CT molecular complexity index is 1400. The van der Waals surface area contributed by atoms with E-state index in [1.807, 2.05) is 13.0 Å². The van der Waals surface area contributed by atoms with Gasteiger partial charge >= 0.3 is 5.97 Å². The Hall–Kier alpha value is -3.66. The number of nitro groups is 1. The molecular weight excluding hydrogens is 574 g/mol. The van der Waals surface area contributed by atoms with Crippen LogP contribution in [0.15, 0.2) is 54.2 Å². The number of benzene rings is 2. The highest BCUT2D eigenvalue weighted by Crippen LogP contribution is 2.43. The monoisotopic (exact) mass is 611 g/mol. The van der Waals surface area contributed by atoms with Crippen molar-refractivity contribution in [1.82, 2.24) is 4.90 Å². The highest BCUT2D eigenvalue weighted by atomic mass is 32.2. The molecule has 2 atom stereocenters. The van der Waals surface area contributed by atoms with Crippen molar-refractivity contribution in [3.8, 4) is 6.07 Å². The molecule has 1 aliphatic heterocycles. The molecular formula is C30H37N3O7SSi. The normalized spacial score (nSPS) is 17.6. The number of likely N-dealkylation sites (tertiary alicyclic amines) is 1. The number of hydrogen-bond acceptors (Lipinski definition) is 9. The number of ether oxygens (including phenoxy) is 1. The van der Waals surface area contributed by atoms with Crippen LogP contribution in [0.4, 0.5) is 5.69 Å². The van der Waals surface area contributed by atoms with Crippen molar-refractivity contribution in [1.29, 1.82) is 5.26 Å². The molecule has 2 aromatic rings. The summed E-state index contributed by atoms with van der Waals surface area (Å²) in [7, 11) is -2.02. The highest BCUT2D eigenvalue weighted by molar-refractivity contribution is 8.00. The zero-order valence-corrected chi connectivity index (χ0v) is 26.6. The van der Waals surface area contributed by atoms with E-state index in [-0.39, 0.29) is 40.1 Å². The summed E-state index contributed by atoms with van der Waals surface area (Å²) in [6, 6.07) is 13.6. The number of aliphatic hydroxyl groups excluding tert-OH is 1. The molecule has 1 heterocycles. The van der Waals surface area contributed by atoms with Gasteiger partial charge in [0.1, 0.15) is 6.61 Å². The maximum absolute atomic E-state index is 13.6. The number of carbonyl (C=O) groups is 2. The molecule has 224 valence electrons. The number of amides is 1. The molecule has 1 amide bonds. The van der Waals surface area contributed by atoms with Crippen LogP contribution >= 0.6 is 11.8 Å². The second kappa shape index (κ2) is 13.5. The van der Waals surface area contributed by atoms with Crippen molar-refractivity contribution in [2.24, 2.45) is 5.92 Å². The van der Waals surface area contributed by atoms with Gasteiger partial charge in [0.15, 0.2) is 19.8 Å². The molecule has 42 heavy (non-hydrogen) atoms. The number of carbonyl (C=O) groups excluding carboxylic acids is 2. The Morgan fingerprint density at radius 1 is 1.21 bits per heavy atom. The van der Waals surface area contributed by atoms with Crippen LogP contribution in [0.5, 0.6) is 0 Å². The van der Waals surface area contributed by atoms with Gasteiger partial charge in [-0.1, -0.05) is 39.8 Å². The molecule has 0 aliphatic carbocycles. The third kappa shape index (κ3) is 7.39. The van der Waals surface area contributed by atoms with E-state index in [0.29, 0.717) is 24.3 Å². The average molecular weight is 612 g/mol. The summed E-state index contributed by atoms with van der Waals surface area (Å²) in [5.74, 6) is -1.50. The van der Waals surface area contributed by atoms with E-state index in [2.05, 4.69) is 33.9 Å². The average Bonchev–Trinajstić information content (AvgIpc) is 2.95. The lowest BCUT2D eigenvalue weighted by Crippen LogP contribution is -2.60. The van der Waals surface area contributed by atoms with E-state index in [4.69, 9.17) is 9.16 Å². The Kier molecular flexibility index (Phi) is 10.6. The summed E-state index contributed by atoms with van der Waals surface area (Å²) in [5.41, 5.74) is 0.538. The van der Waals surface area contributed by atoms with Crippen LogP contribution in [0.2, 0.25) is 18.1 Å². The lowest BCUT2D eigenvalue weighted by molar-refractivity contribution is -0.384. The third-order valence-electron chi connectivity index (χ3n) is 7.63. The van der Waals surface area contributed by atoms with Crippen molar-refractivity contribution < 1.29 is 28.8 Å². The molecule has 0 saturated carbocycles. The Labute approximate surface area is 251 Å². The van der Waals surface area contributed by atoms with Crippen LogP contribution in [0.1, 0.15) is 50.8 Å². The molecule has 0 radical (unpaired) electrons. The molecule has 1 fully saturated rings. The second-order valence-electron chi connectivity index (χ2n) is 11.4. The van der Waals surface area contributed by atoms with Gasteiger partial charge in [0.05, 0.1) is 27.8 Å². The van der Waals surface area contributed by atoms with E-state index >= 15 is 0 Å². The summed E-state index contributed by atoms with van der Waals surface area (Å²) in [6.07, 6.45) is 0.468. The molecule has 1 aliphatic rings. The first-order chi connectivity index (χ1) is 19.7. The zero-order valence-electron chi connectivity index (χ0n) is 24.7. The van der Waals surface area contributed by atoms with E-state index in [0.717, 1.165) is 0 Å². The fraction of sp³-hybridized carbons (Fsp3) is 0.433. The number of aliphatic hydroxyl groups is 1. The van der Waals surface area contributed by atoms with Crippen LogP contribution in [-0.2, 0) is 25.4 Å². The third-order valence-corrected chi connectivity index (χ3v) is 13.4. The van der Waals surface area contributed by atoms with Gasteiger partial charge in [-0.15, -0.1) is 11.8 Å². The fourth-order valence-electron chi connectivity index (χ4n) is 4.16. The predicted octanol–water partition coefficient (Wildman–Crippen LogP) is 6.39. The quantitative estimate of drug-likeness (QED) is 0.0549. The maximum atomic E-state index is 13.6. The lowest BCUT2D eigenvalue weighted by Gasteiger charge is -2.47. The molecule has 12 heteroatoms. The first-order valence-electron chi connectivity index (χ1n) is 13.6. The number of esters is 1. The van der Waals surface area contributed by atoms with E-state index in [1.165, 1.54) is 53.1 Å². The minimum absolute atomic E-state index is 0.0211. The van der Waals surface area contributed by atoms with Gasteiger partial charge in [0.25, 0.3) is 5.69 Å². The van der Waals surface area contributed by atoms with Crippen LogP contribution < -0.4 is 0 Å². The minimum Gasteiger partial charge on any atom is -0.505 e. The number of thioether (sulfide) groups is 1. The molecule has 1 N–H and O–H groups in total. The molecule has 0 bridgehead atoms. The van der Waals surface area contributed by atoms with Crippen LogP contribution in [0.25, 0.3) is 5.76 Å². The number of rotatable bonds is 12. The number of nitriles is 1. The van der Waals surface area contributed by atoms with Crippen LogP contribution in [0, 0.1) is 27.4 Å². The number of nitrogens with zero attached hydrogens (tertiary/aromatic N) is 3. The van der Waals surface area contributed by atoms with Gasteiger partial charge in [-0.25, -0.2) is 4.79 Å². The van der Waals surface area contributed by atoms with Crippen LogP contribution in [0.3, 0.4) is 0 Å². The molecule has 10 nitrogen and oxygen atoms in total. The number of hydrogen-bond donors (Lipinski definition) is 1. The van der Waals surface area contributed by atoms with E-state index in [9.17, 15) is 30.1 Å². The standard InChI is InChI=1S/C30H37N3O7SSi/c1-7-41-28-24(15-16-40-42(5,6)30(2,3)4)27(35)32(28)25(26(34)22-10-8-9-21(17-22)18-31)29(36)39-19-20-11-13-23(14-12-20)33(37)38/h8-14,17,24,28,34H,7,15-16,19H2,1-6H3/t24-,28+/m0/s1. The number of non-ortho nitro benzene ring substituents is 1. The van der Waals surface area contributed by atoms with Gasteiger partial charge in [-0.3, -0.25) is 19.8 Å². The molecule has 0 unspecified atom stereocenters. The van der Waals surface area contributed by atoms with Gasteiger partial charge in [0, 0.05) is 24.3 Å². The summed E-state index contributed by atoms with van der Waals surface area (Å²) in [5, 5.41) is 31.2. The van der Waals surface area contributed by atoms with Gasteiger partial charge in [-0.2, -0.15) is 5.26 Å². The summed E-state index contributed by atoms with van der Waals surface area (Å²) >= 11 is 1.48. The zero-order chi connectivity index (χ0) is 31.2. The molecule has 2 aromatic carbocycles. The first kappa shape index (κ1) is 32.8. The van der Waals surface area contributed by atoms with Gasteiger partial charge in [-0.05, 0) is 60.1 Å². The molecule has 0 aromatic heterocycles. The SMILES string of the molecule is CCS[C@@H]1[C@@H](CCO[Si](C)(C)C(C)(C)C)C(=O)N1C(C(=O)OCc1ccc([N+](=O)[O-])cc1)=C(O)c1cccc(C#N)c1. The van der Waals surface area contributed by atoms with Crippen LogP contribution in [-0.4, -0.2) is 52.9 Å². The number of β-lactam (4-membered cyclic amide) rings is 1. The van der Waals surface area contributed by atoms with Crippen molar-refractivity contribution >= 4 is 43.4 Å². The number of nitro benzene ring substituents is 1. The summed E-state index contributed by atoms with van der Waals surface area (Å²) in [6.45, 7) is 12.9. The van der Waals surface area contributed by atoms with E-state index < -0.39 is 36.3 Å². The lowest BCUT2D eigenvalue weighted by atomic mass is 9.93. The van der Waals surface area contributed by atoms with Gasteiger partial charge in [0.2, 0.25) is 5.91 Å². The molecule has 1 saturated heterocycles. The van der Waals surface area contributed by atoms with Crippen molar-refractivity contribution in [2.45, 2.75) is 64.2 Å². The summed E-state index contributed by atoms with van der Waals surface area (Å²) < 4.78 is 11.8. The van der Waals surface area contributed by atoms with E-state index in [1.54, 1.807) is 12.1 Å². The Morgan fingerprint density at radius 2 is 1.88 bits per heavy atom. The maximum Gasteiger partial charge on any atom is 0.359 e. The van der Waals surface area contributed by atoms with Crippen molar-refractivity contribution in [3.05, 3.63) is 81.0 Å². The topological polar surface area (TPSA) is 143 Å². The molecule has 0 spiro atoms. The Balaban J connectivity index is 1.90. The van der Waals surface area contributed by atoms with Gasteiger partial charge < -0.3 is 14.3 Å². The highest BCUT2D eigenvalue weighted by Gasteiger charge is 2.51. The first-order valence-corrected chi connectivity index (χ1v) is 17.6. The second-order valence-corrected chi connectivity index (χ2v) is 17.7. The molecule has 3 rings (SSSR count). The minimum atomic E-state index is -2.02. The van der Waals surface area contributed by atoms with Crippen molar-refractivity contribution in [3.63, 3.8) is 0 Å². The Morgan fingerprint density at radius 3 is 2.45 bits per heavy atom. The fourth-order valence-corrected chi connectivity index (χ4v) is 6.41. The smallest absolute Gasteiger partial charge is 0.359 e.